The smallest absolute Gasteiger partial charge is 0.224 e. The fourth-order valence-electron chi connectivity index (χ4n) is 1.29. The Morgan fingerprint density at radius 1 is 1.38 bits per heavy atom. The van der Waals surface area contributed by atoms with Crippen LogP contribution in [-0.2, 0) is 4.74 Å². The topological polar surface area (TPSA) is 38.2 Å². The molecule has 1 heterocycles. The van der Waals surface area contributed by atoms with Crippen LogP contribution < -0.4 is 4.90 Å². The number of nitrogens with zero attached hydrogens (tertiary/aromatic N) is 3. The van der Waals surface area contributed by atoms with Crippen molar-refractivity contribution in [1.82, 2.24) is 9.97 Å². The lowest BCUT2D eigenvalue weighted by molar-refractivity contribution is 0.154. The number of halogens is 2. The molecule has 0 saturated carbocycles. The van der Waals surface area contributed by atoms with Gasteiger partial charge in [-0.1, -0.05) is 11.6 Å². The van der Waals surface area contributed by atoms with Gasteiger partial charge in [0.15, 0.2) is 5.82 Å². The molecule has 0 fully saturated rings. The molecule has 1 aromatic heterocycles. The van der Waals surface area contributed by atoms with Crippen molar-refractivity contribution in [3.8, 4) is 0 Å². The number of rotatable bonds is 6. The molecule has 0 spiro atoms. The van der Waals surface area contributed by atoms with Crippen LogP contribution >= 0.6 is 23.2 Å². The van der Waals surface area contributed by atoms with Crippen LogP contribution in [0.4, 0.5) is 5.82 Å². The summed E-state index contributed by atoms with van der Waals surface area (Å²) < 4.78 is 5.30. The van der Waals surface area contributed by atoms with Gasteiger partial charge in [0.05, 0.1) is 12.8 Å². The SMILES string of the molecule is CCOCCN(CC)c1nc(Cl)ncc1Cl. The number of ether oxygens (including phenoxy) is 1. The van der Waals surface area contributed by atoms with E-state index in [1.807, 2.05) is 18.7 Å². The van der Waals surface area contributed by atoms with E-state index in [-0.39, 0.29) is 5.28 Å². The summed E-state index contributed by atoms with van der Waals surface area (Å²) in [6, 6.07) is 0. The standard InChI is InChI=1S/C10H15Cl2N3O/c1-3-15(5-6-16-4-2)9-8(11)7-13-10(12)14-9/h7H,3-6H2,1-2H3. The highest BCUT2D eigenvalue weighted by molar-refractivity contribution is 6.33. The second-order valence-corrected chi connectivity index (χ2v) is 3.83. The molecule has 1 aromatic rings. The van der Waals surface area contributed by atoms with E-state index in [0.717, 1.165) is 13.1 Å². The maximum Gasteiger partial charge on any atom is 0.224 e. The van der Waals surface area contributed by atoms with Gasteiger partial charge in [-0.2, -0.15) is 4.98 Å². The number of hydrogen-bond donors (Lipinski definition) is 0. The molecular formula is C10H15Cl2N3O. The van der Waals surface area contributed by atoms with Gasteiger partial charge in [0.25, 0.3) is 0 Å². The first kappa shape index (κ1) is 13.5. The van der Waals surface area contributed by atoms with Crippen molar-refractivity contribution in [3.63, 3.8) is 0 Å². The second kappa shape index (κ2) is 6.89. The summed E-state index contributed by atoms with van der Waals surface area (Å²) in [7, 11) is 0. The van der Waals surface area contributed by atoms with Gasteiger partial charge in [0, 0.05) is 19.7 Å². The van der Waals surface area contributed by atoms with Crippen molar-refractivity contribution in [3.05, 3.63) is 16.5 Å². The summed E-state index contributed by atoms with van der Waals surface area (Å²) in [5.74, 6) is 0.656. The van der Waals surface area contributed by atoms with E-state index in [1.165, 1.54) is 6.20 Å². The zero-order valence-electron chi connectivity index (χ0n) is 9.41. The summed E-state index contributed by atoms with van der Waals surface area (Å²) in [4.78, 5) is 9.94. The summed E-state index contributed by atoms with van der Waals surface area (Å²) in [5, 5.41) is 0.706. The van der Waals surface area contributed by atoms with Gasteiger partial charge in [-0.15, -0.1) is 0 Å². The molecule has 90 valence electrons. The van der Waals surface area contributed by atoms with Gasteiger partial charge in [0.2, 0.25) is 5.28 Å². The molecule has 0 aliphatic carbocycles. The molecule has 0 amide bonds. The summed E-state index contributed by atoms with van der Waals surface area (Å²) >= 11 is 11.8. The monoisotopic (exact) mass is 263 g/mol. The van der Waals surface area contributed by atoms with Gasteiger partial charge in [-0.05, 0) is 25.4 Å². The molecule has 0 N–H and O–H groups in total. The van der Waals surface area contributed by atoms with E-state index in [2.05, 4.69) is 9.97 Å². The van der Waals surface area contributed by atoms with E-state index in [9.17, 15) is 0 Å². The first-order valence-electron chi connectivity index (χ1n) is 5.19. The minimum atomic E-state index is 0.203. The molecule has 0 bridgehead atoms. The molecule has 4 nitrogen and oxygen atoms in total. The quantitative estimate of drug-likeness (QED) is 0.584. The highest BCUT2D eigenvalue weighted by atomic mass is 35.5. The molecule has 0 aliphatic heterocycles. The Labute approximate surface area is 106 Å². The van der Waals surface area contributed by atoms with E-state index < -0.39 is 0 Å². The fourth-order valence-corrected chi connectivity index (χ4v) is 1.63. The van der Waals surface area contributed by atoms with Crippen molar-refractivity contribution in [2.24, 2.45) is 0 Å². The lowest BCUT2D eigenvalue weighted by Gasteiger charge is -2.22. The van der Waals surface area contributed by atoms with Crippen LogP contribution in [0.15, 0.2) is 6.20 Å². The number of hydrogen-bond acceptors (Lipinski definition) is 4. The Balaban J connectivity index is 2.73. The van der Waals surface area contributed by atoms with Crippen molar-refractivity contribution < 1.29 is 4.74 Å². The first-order valence-corrected chi connectivity index (χ1v) is 5.95. The third-order valence-electron chi connectivity index (χ3n) is 2.09. The molecule has 0 saturated heterocycles. The van der Waals surface area contributed by atoms with Crippen molar-refractivity contribution >= 4 is 29.0 Å². The van der Waals surface area contributed by atoms with E-state index >= 15 is 0 Å². The van der Waals surface area contributed by atoms with Crippen LogP contribution in [0, 0.1) is 0 Å². The van der Waals surface area contributed by atoms with Crippen LogP contribution in [-0.4, -0.2) is 36.3 Å². The molecule has 0 aromatic carbocycles. The molecule has 0 unspecified atom stereocenters. The third kappa shape index (κ3) is 3.77. The molecule has 0 radical (unpaired) electrons. The van der Waals surface area contributed by atoms with Crippen LogP contribution in [0.5, 0.6) is 0 Å². The van der Waals surface area contributed by atoms with E-state index in [1.54, 1.807) is 0 Å². The molecular weight excluding hydrogens is 249 g/mol. The van der Waals surface area contributed by atoms with Crippen LogP contribution in [0.25, 0.3) is 0 Å². The minimum Gasteiger partial charge on any atom is -0.380 e. The van der Waals surface area contributed by atoms with Gasteiger partial charge in [-0.3, -0.25) is 0 Å². The molecule has 0 atom stereocenters. The highest BCUT2D eigenvalue weighted by Crippen LogP contribution is 2.23. The number of aromatic nitrogens is 2. The van der Waals surface area contributed by atoms with Gasteiger partial charge in [-0.25, -0.2) is 4.98 Å². The van der Waals surface area contributed by atoms with Crippen molar-refractivity contribution in [1.29, 1.82) is 0 Å². The third-order valence-corrected chi connectivity index (χ3v) is 2.54. The lowest BCUT2D eigenvalue weighted by atomic mass is 10.4. The summed E-state index contributed by atoms with van der Waals surface area (Å²) in [6.07, 6.45) is 1.51. The minimum absolute atomic E-state index is 0.203. The molecule has 16 heavy (non-hydrogen) atoms. The van der Waals surface area contributed by atoms with Gasteiger partial charge < -0.3 is 9.64 Å². The maximum atomic E-state index is 6.02. The highest BCUT2D eigenvalue weighted by Gasteiger charge is 2.11. The van der Waals surface area contributed by atoms with E-state index in [4.69, 9.17) is 27.9 Å². The zero-order chi connectivity index (χ0) is 12.0. The summed E-state index contributed by atoms with van der Waals surface area (Å²) in [5.41, 5.74) is 0. The first-order chi connectivity index (χ1) is 7.69. The van der Waals surface area contributed by atoms with Gasteiger partial charge >= 0.3 is 0 Å². The molecule has 6 heteroatoms. The van der Waals surface area contributed by atoms with Crippen molar-refractivity contribution in [2.75, 3.05) is 31.2 Å². The average molecular weight is 264 g/mol. The maximum absolute atomic E-state index is 6.02. The Bertz CT molecular complexity index is 336. The molecule has 1 rings (SSSR count). The van der Waals surface area contributed by atoms with Gasteiger partial charge in [0.1, 0.15) is 5.02 Å². The number of anilines is 1. The predicted molar refractivity (Wildman–Crippen MR) is 66.4 cm³/mol. The summed E-state index contributed by atoms with van der Waals surface area (Å²) in [6.45, 7) is 6.86. The van der Waals surface area contributed by atoms with Crippen LogP contribution in [0.3, 0.4) is 0 Å². The fraction of sp³-hybridized carbons (Fsp3) is 0.600. The number of likely N-dealkylation sites (N-methyl/N-ethyl adjacent to an activating group) is 1. The lowest BCUT2D eigenvalue weighted by Crippen LogP contribution is -2.28. The Kier molecular flexibility index (Phi) is 5.80. The largest absolute Gasteiger partial charge is 0.380 e. The van der Waals surface area contributed by atoms with Crippen LogP contribution in [0.2, 0.25) is 10.3 Å². The van der Waals surface area contributed by atoms with Crippen LogP contribution in [0.1, 0.15) is 13.8 Å². The normalized spacial score (nSPS) is 10.5. The average Bonchev–Trinajstić information content (AvgIpc) is 2.28. The Morgan fingerprint density at radius 3 is 2.75 bits per heavy atom. The molecule has 0 aliphatic rings. The predicted octanol–water partition coefficient (Wildman–Crippen LogP) is 2.65. The second-order valence-electron chi connectivity index (χ2n) is 3.09. The zero-order valence-corrected chi connectivity index (χ0v) is 10.9. The van der Waals surface area contributed by atoms with E-state index in [0.29, 0.717) is 24.1 Å². The Morgan fingerprint density at radius 2 is 2.12 bits per heavy atom. The van der Waals surface area contributed by atoms with Crippen molar-refractivity contribution in [2.45, 2.75) is 13.8 Å². The Hall–Kier alpha value is -0.580.